The minimum atomic E-state index is -0.972. The Kier molecular flexibility index (Phi) is 4.53. The van der Waals surface area contributed by atoms with Crippen molar-refractivity contribution in [3.05, 3.63) is 36.4 Å². The number of methoxy groups -OCH3 is 2. The summed E-state index contributed by atoms with van der Waals surface area (Å²) in [7, 11) is 3.15. The smallest absolute Gasteiger partial charge is 0.245 e. The Morgan fingerprint density at radius 1 is 1.24 bits per heavy atom. The summed E-state index contributed by atoms with van der Waals surface area (Å²) in [5.41, 5.74) is -0.218. The van der Waals surface area contributed by atoms with Crippen molar-refractivity contribution in [2.24, 2.45) is 0 Å². The maximum Gasteiger partial charge on any atom is 0.245 e. The van der Waals surface area contributed by atoms with Gasteiger partial charge in [-0.05, 0) is 36.6 Å². The van der Waals surface area contributed by atoms with E-state index in [9.17, 15) is 9.90 Å². The molecule has 1 amide bonds. The highest BCUT2D eigenvalue weighted by molar-refractivity contribution is 5.87. The van der Waals surface area contributed by atoms with Gasteiger partial charge in [0.1, 0.15) is 11.5 Å². The predicted octanol–water partition coefficient (Wildman–Crippen LogP) is 1.70. The van der Waals surface area contributed by atoms with Gasteiger partial charge in [-0.15, -0.1) is 0 Å². The molecule has 0 spiro atoms. The highest BCUT2D eigenvalue weighted by Gasteiger charge is 2.35. The van der Waals surface area contributed by atoms with Crippen LogP contribution in [0.2, 0.25) is 0 Å². The molecule has 0 atom stereocenters. The number of nitrogens with zero attached hydrogens (tertiary/aromatic N) is 1. The van der Waals surface area contributed by atoms with Gasteiger partial charge in [-0.25, -0.2) is 0 Å². The third-order valence-corrected chi connectivity index (χ3v) is 3.97. The van der Waals surface area contributed by atoms with Gasteiger partial charge in [-0.3, -0.25) is 4.79 Å². The van der Waals surface area contributed by atoms with Crippen LogP contribution in [0.5, 0.6) is 11.5 Å². The quantitative estimate of drug-likeness (QED) is 0.858. The standard InChI is InChI=1S/C16H21NO4/c1-4-15(18)17-7-5-16(19,6-8-17)12-9-13(20-2)11-14(10-12)21-3/h4,9-11,19H,1,5-8H2,2-3H3. The van der Waals surface area contributed by atoms with Crippen molar-refractivity contribution in [1.29, 1.82) is 0 Å². The van der Waals surface area contributed by atoms with Crippen molar-refractivity contribution in [2.45, 2.75) is 18.4 Å². The molecule has 2 rings (SSSR count). The zero-order valence-corrected chi connectivity index (χ0v) is 12.5. The maximum absolute atomic E-state index is 11.6. The Balaban J connectivity index is 2.22. The van der Waals surface area contributed by atoms with E-state index in [0.29, 0.717) is 37.4 Å². The fourth-order valence-corrected chi connectivity index (χ4v) is 2.59. The van der Waals surface area contributed by atoms with Gasteiger partial charge in [0.2, 0.25) is 5.91 Å². The first kappa shape index (κ1) is 15.4. The number of hydrogen-bond acceptors (Lipinski definition) is 4. The van der Waals surface area contributed by atoms with E-state index in [2.05, 4.69) is 6.58 Å². The van der Waals surface area contributed by atoms with Crippen LogP contribution in [0.1, 0.15) is 18.4 Å². The molecule has 0 unspecified atom stereocenters. The molecular weight excluding hydrogens is 270 g/mol. The van der Waals surface area contributed by atoms with Crippen LogP contribution in [0.15, 0.2) is 30.9 Å². The van der Waals surface area contributed by atoms with Gasteiger partial charge in [-0.1, -0.05) is 6.58 Å². The molecule has 1 saturated heterocycles. The van der Waals surface area contributed by atoms with Gasteiger partial charge < -0.3 is 19.5 Å². The molecule has 0 bridgehead atoms. The summed E-state index contributed by atoms with van der Waals surface area (Å²) in [5, 5.41) is 10.9. The van der Waals surface area contributed by atoms with Gasteiger partial charge in [0.05, 0.1) is 19.8 Å². The summed E-state index contributed by atoms with van der Waals surface area (Å²) >= 11 is 0. The van der Waals surface area contributed by atoms with Crippen LogP contribution >= 0.6 is 0 Å². The molecule has 0 saturated carbocycles. The van der Waals surface area contributed by atoms with E-state index in [4.69, 9.17) is 9.47 Å². The lowest BCUT2D eigenvalue weighted by atomic mass is 9.84. The lowest BCUT2D eigenvalue weighted by Crippen LogP contribution is -2.44. The van der Waals surface area contributed by atoms with Crippen LogP contribution < -0.4 is 9.47 Å². The summed E-state index contributed by atoms with van der Waals surface area (Å²) in [5.74, 6) is 1.19. The Labute approximate surface area is 124 Å². The summed E-state index contributed by atoms with van der Waals surface area (Å²) in [6.07, 6.45) is 2.25. The molecule has 0 aliphatic carbocycles. The largest absolute Gasteiger partial charge is 0.497 e. The van der Waals surface area contributed by atoms with E-state index in [1.54, 1.807) is 25.2 Å². The second-order valence-corrected chi connectivity index (χ2v) is 5.16. The molecular formula is C16H21NO4. The number of carbonyl (C=O) groups is 1. The number of piperidine rings is 1. The molecule has 1 fully saturated rings. The van der Waals surface area contributed by atoms with Crippen molar-refractivity contribution >= 4 is 5.91 Å². The third-order valence-electron chi connectivity index (χ3n) is 3.97. The molecule has 21 heavy (non-hydrogen) atoms. The SMILES string of the molecule is C=CC(=O)N1CCC(O)(c2cc(OC)cc(OC)c2)CC1. The van der Waals surface area contributed by atoms with E-state index in [-0.39, 0.29) is 5.91 Å². The molecule has 1 aromatic carbocycles. The van der Waals surface area contributed by atoms with Crippen molar-refractivity contribution in [3.8, 4) is 11.5 Å². The summed E-state index contributed by atoms with van der Waals surface area (Å²) in [4.78, 5) is 13.3. The van der Waals surface area contributed by atoms with Gasteiger partial charge in [0.25, 0.3) is 0 Å². The molecule has 1 aromatic rings. The number of amides is 1. The molecule has 1 heterocycles. The van der Waals surface area contributed by atoms with Gasteiger partial charge >= 0.3 is 0 Å². The molecule has 1 N–H and O–H groups in total. The lowest BCUT2D eigenvalue weighted by Gasteiger charge is -2.38. The lowest BCUT2D eigenvalue weighted by molar-refractivity contribution is -0.130. The first-order valence-electron chi connectivity index (χ1n) is 6.89. The number of ether oxygens (including phenoxy) is 2. The minimum Gasteiger partial charge on any atom is -0.497 e. The average Bonchev–Trinajstić information content (AvgIpc) is 2.54. The zero-order chi connectivity index (χ0) is 15.5. The number of rotatable bonds is 4. The molecule has 0 aromatic heterocycles. The fourth-order valence-electron chi connectivity index (χ4n) is 2.59. The normalized spacial score (nSPS) is 17.2. The summed E-state index contributed by atoms with van der Waals surface area (Å²) in [6, 6.07) is 5.39. The van der Waals surface area contributed by atoms with Gasteiger partial charge in [0, 0.05) is 19.2 Å². The molecule has 5 nitrogen and oxygen atoms in total. The highest BCUT2D eigenvalue weighted by atomic mass is 16.5. The molecule has 114 valence electrons. The van der Waals surface area contributed by atoms with Gasteiger partial charge in [-0.2, -0.15) is 0 Å². The molecule has 0 radical (unpaired) electrons. The van der Waals surface area contributed by atoms with E-state index in [1.807, 2.05) is 12.1 Å². The number of aliphatic hydroxyl groups is 1. The van der Waals surface area contributed by atoms with E-state index in [0.717, 1.165) is 5.56 Å². The van der Waals surface area contributed by atoms with Crippen LogP contribution in [0.25, 0.3) is 0 Å². The summed E-state index contributed by atoms with van der Waals surface area (Å²) in [6.45, 7) is 4.49. The zero-order valence-electron chi connectivity index (χ0n) is 12.5. The number of benzene rings is 1. The fraction of sp³-hybridized carbons (Fsp3) is 0.438. The first-order chi connectivity index (χ1) is 10.0. The first-order valence-corrected chi connectivity index (χ1v) is 6.89. The Morgan fingerprint density at radius 3 is 2.19 bits per heavy atom. The number of likely N-dealkylation sites (tertiary alicyclic amines) is 1. The molecule has 5 heteroatoms. The molecule has 1 aliphatic rings. The van der Waals surface area contributed by atoms with E-state index in [1.165, 1.54) is 6.08 Å². The molecule has 1 aliphatic heterocycles. The number of carbonyl (C=O) groups excluding carboxylic acids is 1. The van der Waals surface area contributed by atoms with Crippen molar-refractivity contribution in [1.82, 2.24) is 4.90 Å². The van der Waals surface area contributed by atoms with Crippen molar-refractivity contribution in [3.63, 3.8) is 0 Å². The summed E-state index contributed by atoms with van der Waals surface area (Å²) < 4.78 is 10.5. The topological polar surface area (TPSA) is 59.0 Å². The Hall–Kier alpha value is -2.01. The third kappa shape index (κ3) is 3.19. The van der Waals surface area contributed by atoms with Crippen molar-refractivity contribution in [2.75, 3.05) is 27.3 Å². The van der Waals surface area contributed by atoms with E-state index < -0.39 is 5.60 Å². The van der Waals surface area contributed by atoms with Crippen LogP contribution in [0, 0.1) is 0 Å². The van der Waals surface area contributed by atoms with E-state index >= 15 is 0 Å². The van der Waals surface area contributed by atoms with Crippen molar-refractivity contribution < 1.29 is 19.4 Å². The monoisotopic (exact) mass is 291 g/mol. The maximum atomic E-state index is 11.6. The van der Waals surface area contributed by atoms with Gasteiger partial charge in [0.15, 0.2) is 0 Å². The average molecular weight is 291 g/mol. The highest BCUT2D eigenvalue weighted by Crippen LogP contribution is 2.36. The Morgan fingerprint density at radius 2 is 1.76 bits per heavy atom. The number of hydrogen-bond donors (Lipinski definition) is 1. The predicted molar refractivity (Wildman–Crippen MR) is 79.5 cm³/mol. The van der Waals surface area contributed by atoms with Crippen LogP contribution in [-0.4, -0.2) is 43.2 Å². The minimum absolute atomic E-state index is 0.0970. The van der Waals surface area contributed by atoms with Crippen LogP contribution in [0.4, 0.5) is 0 Å². The van der Waals surface area contributed by atoms with Crippen LogP contribution in [-0.2, 0) is 10.4 Å². The Bertz CT molecular complexity index is 511. The van der Waals surface area contributed by atoms with Crippen LogP contribution in [0.3, 0.4) is 0 Å². The second kappa shape index (κ2) is 6.18. The second-order valence-electron chi connectivity index (χ2n) is 5.16.